The fourth-order valence-electron chi connectivity index (χ4n) is 3.25. The molecule has 0 unspecified atom stereocenters. The highest BCUT2D eigenvalue weighted by Crippen LogP contribution is 2.32. The number of rotatable bonds is 6. The van der Waals surface area contributed by atoms with E-state index in [1.165, 1.54) is 17.5 Å². The molecule has 1 aliphatic heterocycles. The summed E-state index contributed by atoms with van der Waals surface area (Å²) in [4.78, 5) is 22.6. The summed E-state index contributed by atoms with van der Waals surface area (Å²) < 4.78 is 32.3. The number of sulfonamides is 1. The van der Waals surface area contributed by atoms with Gasteiger partial charge in [-0.25, -0.2) is 8.42 Å². The number of piperidine rings is 1. The van der Waals surface area contributed by atoms with E-state index < -0.39 is 14.9 Å². The third-order valence-electron chi connectivity index (χ3n) is 4.84. The Hall–Kier alpha value is -2.98. The number of ether oxygens (including phenoxy) is 1. The lowest BCUT2D eigenvalue weighted by atomic mass is 9.97. The summed E-state index contributed by atoms with van der Waals surface area (Å²) in [5.74, 6) is -0.510. The standard InChI is InChI=1S/C19H21N3O6S/c1-28-17-13-16(22(24)25)7-8-18(17)29(26,27)21-11-9-14(10-12-21)19(23)20-15-5-3-2-4-6-15/h2-8,13-14H,9-12H2,1H3,(H,20,23). The monoisotopic (exact) mass is 419 g/mol. The minimum Gasteiger partial charge on any atom is -0.495 e. The molecule has 0 saturated carbocycles. The molecule has 2 aromatic rings. The molecule has 1 fully saturated rings. The van der Waals surface area contributed by atoms with Crippen molar-refractivity contribution in [3.8, 4) is 5.75 Å². The smallest absolute Gasteiger partial charge is 0.273 e. The minimum atomic E-state index is -3.90. The lowest BCUT2D eigenvalue weighted by Crippen LogP contribution is -2.41. The lowest BCUT2D eigenvalue weighted by Gasteiger charge is -2.30. The van der Waals surface area contributed by atoms with Crippen molar-refractivity contribution >= 4 is 27.3 Å². The van der Waals surface area contributed by atoms with Crippen molar-refractivity contribution in [3.63, 3.8) is 0 Å². The molecule has 1 aliphatic rings. The van der Waals surface area contributed by atoms with Gasteiger partial charge in [0.05, 0.1) is 18.1 Å². The maximum absolute atomic E-state index is 13.0. The molecule has 1 N–H and O–H groups in total. The largest absolute Gasteiger partial charge is 0.495 e. The summed E-state index contributed by atoms with van der Waals surface area (Å²) in [5, 5.41) is 13.8. The molecule has 154 valence electrons. The van der Waals surface area contributed by atoms with Gasteiger partial charge in [-0.3, -0.25) is 14.9 Å². The predicted molar refractivity (Wildman–Crippen MR) is 106 cm³/mol. The number of para-hydroxylation sites is 1. The maximum Gasteiger partial charge on any atom is 0.273 e. The van der Waals surface area contributed by atoms with Gasteiger partial charge in [-0.2, -0.15) is 4.31 Å². The topological polar surface area (TPSA) is 119 Å². The molecule has 1 amide bonds. The number of nitro groups is 1. The van der Waals surface area contributed by atoms with Gasteiger partial charge in [0.2, 0.25) is 15.9 Å². The van der Waals surface area contributed by atoms with E-state index in [9.17, 15) is 23.3 Å². The summed E-state index contributed by atoms with van der Waals surface area (Å²) in [6.07, 6.45) is 0.764. The zero-order valence-electron chi connectivity index (χ0n) is 15.8. The van der Waals surface area contributed by atoms with Crippen molar-refractivity contribution in [1.82, 2.24) is 4.31 Å². The van der Waals surface area contributed by atoms with Crippen molar-refractivity contribution in [3.05, 3.63) is 58.6 Å². The molecule has 0 aromatic heterocycles. The van der Waals surface area contributed by atoms with E-state index in [4.69, 9.17) is 4.74 Å². The Morgan fingerprint density at radius 1 is 1.17 bits per heavy atom. The molecule has 0 spiro atoms. The van der Waals surface area contributed by atoms with Gasteiger partial charge in [0.15, 0.2) is 0 Å². The zero-order chi connectivity index (χ0) is 21.0. The van der Waals surface area contributed by atoms with Gasteiger partial charge in [0.1, 0.15) is 10.6 Å². The van der Waals surface area contributed by atoms with Crippen LogP contribution in [0.5, 0.6) is 5.75 Å². The Morgan fingerprint density at radius 2 is 1.83 bits per heavy atom. The van der Waals surface area contributed by atoms with Crippen molar-refractivity contribution in [2.24, 2.45) is 5.92 Å². The van der Waals surface area contributed by atoms with Crippen LogP contribution in [0.2, 0.25) is 0 Å². The first-order valence-electron chi connectivity index (χ1n) is 9.01. The quantitative estimate of drug-likeness (QED) is 0.568. The second kappa shape index (κ2) is 8.58. The second-order valence-electron chi connectivity index (χ2n) is 6.63. The number of nitro benzene ring substituents is 1. The SMILES string of the molecule is COc1cc([N+](=O)[O-])ccc1S(=O)(=O)N1CCC(C(=O)Nc2ccccc2)CC1. The average Bonchev–Trinajstić information content (AvgIpc) is 2.74. The van der Waals surface area contributed by atoms with Crippen LogP contribution >= 0.6 is 0 Å². The number of hydrogen-bond acceptors (Lipinski definition) is 6. The number of nitrogens with zero attached hydrogens (tertiary/aromatic N) is 2. The molecule has 1 saturated heterocycles. The van der Waals surface area contributed by atoms with E-state index in [0.29, 0.717) is 18.5 Å². The van der Waals surface area contributed by atoms with Gasteiger partial charge in [-0.15, -0.1) is 0 Å². The van der Waals surface area contributed by atoms with Crippen LogP contribution in [0.15, 0.2) is 53.4 Å². The molecule has 9 nitrogen and oxygen atoms in total. The zero-order valence-corrected chi connectivity index (χ0v) is 16.6. The molecule has 0 atom stereocenters. The third-order valence-corrected chi connectivity index (χ3v) is 6.78. The van der Waals surface area contributed by atoms with Crippen molar-refractivity contribution in [2.75, 3.05) is 25.5 Å². The number of anilines is 1. The van der Waals surface area contributed by atoms with Crippen LogP contribution in [0.1, 0.15) is 12.8 Å². The Bertz CT molecular complexity index is 1000. The van der Waals surface area contributed by atoms with Crippen molar-refractivity contribution in [2.45, 2.75) is 17.7 Å². The minimum absolute atomic E-state index is 0.0804. The molecule has 1 heterocycles. The van der Waals surface area contributed by atoms with Gasteiger partial charge >= 0.3 is 0 Å². The summed E-state index contributed by atoms with van der Waals surface area (Å²) in [6, 6.07) is 12.5. The molecular weight excluding hydrogens is 398 g/mol. The summed E-state index contributed by atoms with van der Waals surface area (Å²) in [5.41, 5.74) is 0.445. The highest BCUT2D eigenvalue weighted by atomic mass is 32.2. The molecule has 29 heavy (non-hydrogen) atoms. The van der Waals surface area contributed by atoms with Crippen LogP contribution in [-0.2, 0) is 14.8 Å². The molecule has 0 radical (unpaired) electrons. The third kappa shape index (κ3) is 4.54. The molecule has 0 bridgehead atoms. The molecule has 2 aromatic carbocycles. The van der Waals surface area contributed by atoms with Crippen LogP contribution in [-0.4, -0.2) is 43.8 Å². The summed E-state index contributed by atoms with van der Waals surface area (Å²) in [6.45, 7) is 0.352. The number of carbonyl (C=O) groups excluding carboxylic acids is 1. The number of nitrogens with one attached hydrogen (secondary N) is 1. The van der Waals surface area contributed by atoms with Crippen LogP contribution in [0.4, 0.5) is 11.4 Å². The fraction of sp³-hybridized carbons (Fsp3) is 0.316. The average molecular weight is 419 g/mol. The summed E-state index contributed by atoms with van der Waals surface area (Å²) in [7, 11) is -2.64. The normalized spacial score (nSPS) is 15.6. The number of amides is 1. The first-order chi connectivity index (χ1) is 13.8. The Morgan fingerprint density at radius 3 is 2.41 bits per heavy atom. The van der Waals surface area contributed by atoms with E-state index in [1.54, 1.807) is 12.1 Å². The molecule has 10 heteroatoms. The Kier molecular flexibility index (Phi) is 6.14. The van der Waals surface area contributed by atoms with Crippen LogP contribution in [0.25, 0.3) is 0 Å². The molecule has 3 rings (SSSR count). The number of carbonyl (C=O) groups is 1. The Labute approximate surface area is 168 Å². The fourth-order valence-corrected chi connectivity index (χ4v) is 4.85. The summed E-state index contributed by atoms with van der Waals surface area (Å²) >= 11 is 0. The van der Waals surface area contributed by atoms with Crippen LogP contribution in [0, 0.1) is 16.0 Å². The molecular formula is C19H21N3O6S. The first kappa shape index (κ1) is 20.7. The highest BCUT2D eigenvalue weighted by Gasteiger charge is 2.34. The van der Waals surface area contributed by atoms with Gasteiger partial charge < -0.3 is 10.1 Å². The maximum atomic E-state index is 13.0. The van der Waals surface area contributed by atoms with E-state index >= 15 is 0 Å². The molecule has 0 aliphatic carbocycles. The first-order valence-corrected chi connectivity index (χ1v) is 10.5. The second-order valence-corrected chi connectivity index (χ2v) is 8.53. The number of benzene rings is 2. The van der Waals surface area contributed by atoms with E-state index in [1.807, 2.05) is 18.2 Å². The number of hydrogen-bond donors (Lipinski definition) is 1. The number of non-ortho nitro benzene ring substituents is 1. The van der Waals surface area contributed by atoms with Crippen molar-refractivity contribution < 1.29 is 22.9 Å². The van der Waals surface area contributed by atoms with Crippen molar-refractivity contribution in [1.29, 1.82) is 0 Å². The van der Waals surface area contributed by atoms with Gasteiger partial charge in [0, 0.05) is 30.8 Å². The number of methoxy groups -OCH3 is 1. The highest BCUT2D eigenvalue weighted by molar-refractivity contribution is 7.89. The lowest BCUT2D eigenvalue weighted by molar-refractivity contribution is -0.385. The van der Waals surface area contributed by atoms with E-state index in [2.05, 4.69) is 5.32 Å². The van der Waals surface area contributed by atoms with Crippen LogP contribution < -0.4 is 10.1 Å². The van der Waals surface area contributed by atoms with Gasteiger partial charge in [0.25, 0.3) is 5.69 Å². The van der Waals surface area contributed by atoms with Crippen LogP contribution in [0.3, 0.4) is 0 Å². The predicted octanol–water partition coefficient (Wildman–Crippen LogP) is 2.64. The van der Waals surface area contributed by atoms with E-state index in [-0.39, 0.29) is 41.2 Å². The van der Waals surface area contributed by atoms with Gasteiger partial charge in [-0.05, 0) is 31.0 Å². The Balaban J connectivity index is 1.70. The van der Waals surface area contributed by atoms with Gasteiger partial charge in [-0.1, -0.05) is 18.2 Å². The van der Waals surface area contributed by atoms with E-state index in [0.717, 1.165) is 12.1 Å².